The second kappa shape index (κ2) is 4.60. The molecule has 0 unspecified atom stereocenters. The molecule has 0 spiro atoms. The zero-order valence-electron chi connectivity index (χ0n) is 9.16. The van der Waals surface area contributed by atoms with E-state index in [0.717, 1.165) is 31.1 Å². The molecule has 0 heterocycles. The summed E-state index contributed by atoms with van der Waals surface area (Å²) < 4.78 is 0. The van der Waals surface area contributed by atoms with E-state index in [2.05, 4.69) is 6.58 Å². The summed E-state index contributed by atoms with van der Waals surface area (Å²) in [6, 6.07) is 0. The van der Waals surface area contributed by atoms with Crippen LogP contribution in [-0.4, -0.2) is 17.4 Å². The first-order chi connectivity index (χ1) is 6.99. The normalized spacial score (nSPS) is 31.3. The molecule has 0 aliphatic heterocycles. The molecular weight excluding hydrogens is 192 g/mol. The van der Waals surface area contributed by atoms with Crippen LogP contribution in [0.5, 0.6) is 0 Å². The molecule has 0 aromatic heterocycles. The Labute approximate surface area is 90.2 Å². The molecule has 0 bridgehead atoms. The molecule has 1 saturated carbocycles. The third kappa shape index (κ3) is 2.67. The predicted octanol–water partition coefficient (Wildman–Crippen LogP) is 2.41. The van der Waals surface area contributed by atoms with Crippen molar-refractivity contribution in [1.82, 2.24) is 0 Å². The summed E-state index contributed by atoms with van der Waals surface area (Å²) in [6.07, 6.45) is 4.19. The Morgan fingerprint density at radius 1 is 1.73 bits per heavy atom. The van der Waals surface area contributed by atoms with Gasteiger partial charge in [-0.05, 0) is 30.6 Å². The first-order valence-electron chi connectivity index (χ1n) is 5.33. The van der Waals surface area contributed by atoms with Crippen LogP contribution in [0.1, 0.15) is 39.0 Å². The highest BCUT2D eigenvalue weighted by molar-refractivity contribution is 5.68. The van der Waals surface area contributed by atoms with Crippen LogP contribution in [0.4, 0.5) is 0 Å². The maximum Gasteiger partial charge on any atom is 0.303 e. The third-order valence-corrected chi connectivity index (χ3v) is 3.47. The number of aldehydes is 1. The number of hydrogen-bond donors (Lipinski definition) is 1. The summed E-state index contributed by atoms with van der Waals surface area (Å²) in [5, 5.41) is 8.89. The second-order valence-corrected chi connectivity index (χ2v) is 4.69. The zero-order valence-corrected chi connectivity index (χ0v) is 9.16. The maximum atomic E-state index is 10.8. The molecule has 0 aromatic carbocycles. The van der Waals surface area contributed by atoms with Crippen molar-refractivity contribution in [3.05, 3.63) is 12.2 Å². The van der Waals surface area contributed by atoms with Gasteiger partial charge >= 0.3 is 5.97 Å². The Morgan fingerprint density at radius 3 is 2.93 bits per heavy atom. The number of carboxylic acids is 1. The summed E-state index contributed by atoms with van der Waals surface area (Å²) in [6.45, 7) is 5.92. The molecule has 1 rings (SSSR count). The predicted molar refractivity (Wildman–Crippen MR) is 57.5 cm³/mol. The highest BCUT2D eigenvalue weighted by Crippen LogP contribution is 2.47. The van der Waals surface area contributed by atoms with Crippen LogP contribution in [0.15, 0.2) is 12.2 Å². The number of carbonyl (C=O) groups is 2. The van der Waals surface area contributed by atoms with Crippen LogP contribution in [0.25, 0.3) is 0 Å². The lowest BCUT2D eigenvalue weighted by atomic mass is 9.63. The van der Waals surface area contributed by atoms with E-state index in [1.807, 2.05) is 6.92 Å². The summed E-state index contributed by atoms with van der Waals surface area (Å²) >= 11 is 0. The van der Waals surface area contributed by atoms with E-state index in [-0.39, 0.29) is 17.8 Å². The average Bonchev–Trinajstić information content (AvgIpc) is 2.10. The number of carbonyl (C=O) groups excluding carboxylic acids is 1. The molecule has 15 heavy (non-hydrogen) atoms. The maximum absolute atomic E-state index is 10.8. The summed E-state index contributed by atoms with van der Waals surface area (Å²) in [5.41, 5.74) is 0.749. The molecule has 3 heteroatoms. The van der Waals surface area contributed by atoms with Crippen molar-refractivity contribution in [2.45, 2.75) is 39.0 Å². The Balaban J connectivity index is 2.85. The lowest BCUT2D eigenvalue weighted by Gasteiger charge is -2.41. The quantitative estimate of drug-likeness (QED) is 0.572. The Bertz CT molecular complexity index is 283. The second-order valence-electron chi connectivity index (χ2n) is 4.69. The fourth-order valence-electron chi connectivity index (χ4n) is 2.67. The topological polar surface area (TPSA) is 54.4 Å². The van der Waals surface area contributed by atoms with Crippen LogP contribution in [-0.2, 0) is 9.59 Å². The summed E-state index contributed by atoms with van der Waals surface area (Å²) in [5.74, 6) is -0.747. The van der Waals surface area contributed by atoms with Crippen molar-refractivity contribution in [3.8, 4) is 0 Å². The molecule has 0 amide bonds. The van der Waals surface area contributed by atoms with Crippen LogP contribution in [0, 0.1) is 11.3 Å². The van der Waals surface area contributed by atoms with Gasteiger partial charge in [-0.3, -0.25) is 4.79 Å². The Morgan fingerprint density at radius 2 is 2.40 bits per heavy atom. The van der Waals surface area contributed by atoms with Gasteiger partial charge in [0.25, 0.3) is 0 Å². The molecule has 0 aromatic rings. The van der Waals surface area contributed by atoms with Gasteiger partial charge in [-0.1, -0.05) is 19.1 Å². The number of rotatable bonds is 4. The molecule has 1 aliphatic rings. The van der Waals surface area contributed by atoms with Gasteiger partial charge in [0.1, 0.15) is 6.29 Å². The summed E-state index contributed by atoms with van der Waals surface area (Å²) in [4.78, 5) is 21.4. The first kappa shape index (κ1) is 12.0. The molecule has 84 valence electrons. The van der Waals surface area contributed by atoms with E-state index < -0.39 is 5.97 Å². The number of allylic oxidation sites excluding steroid dienone is 1. The minimum absolute atomic E-state index is 0.0415. The van der Waals surface area contributed by atoms with Gasteiger partial charge in [-0.25, -0.2) is 0 Å². The molecule has 3 nitrogen and oxygen atoms in total. The third-order valence-electron chi connectivity index (χ3n) is 3.47. The van der Waals surface area contributed by atoms with Crippen LogP contribution in [0.2, 0.25) is 0 Å². The van der Waals surface area contributed by atoms with Crippen LogP contribution in [0.3, 0.4) is 0 Å². The van der Waals surface area contributed by atoms with Crippen molar-refractivity contribution in [3.63, 3.8) is 0 Å². The number of aliphatic carboxylic acids is 1. The van der Waals surface area contributed by atoms with Crippen molar-refractivity contribution < 1.29 is 14.7 Å². The lowest BCUT2D eigenvalue weighted by molar-refractivity contribution is -0.141. The van der Waals surface area contributed by atoms with Crippen molar-refractivity contribution >= 4 is 12.3 Å². The molecule has 0 saturated heterocycles. The highest BCUT2D eigenvalue weighted by atomic mass is 16.4. The number of hydrogen-bond acceptors (Lipinski definition) is 2. The van der Waals surface area contributed by atoms with Gasteiger partial charge in [0.15, 0.2) is 0 Å². The molecule has 1 fully saturated rings. The number of carboxylic acid groups (broad SMARTS) is 1. The van der Waals surface area contributed by atoms with Crippen LogP contribution >= 0.6 is 0 Å². The van der Waals surface area contributed by atoms with E-state index in [1.54, 1.807) is 0 Å². The lowest BCUT2D eigenvalue weighted by Crippen LogP contribution is -2.34. The van der Waals surface area contributed by atoms with Gasteiger partial charge in [-0.15, -0.1) is 0 Å². The van der Waals surface area contributed by atoms with E-state index >= 15 is 0 Å². The largest absolute Gasteiger partial charge is 0.481 e. The van der Waals surface area contributed by atoms with Gasteiger partial charge < -0.3 is 9.90 Å². The molecule has 2 atom stereocenters. The zero-order chi connectivity index (χ0) is 11.5. The molecule has 0 radical (unpaired) electrons. The van der Waals surface area contributed by atoms with Crippen molar-refractivity contribution in [1.29, 1.82) is 0 Å². The molecule has 1 aliphatic carbocycles. The van der Waals surface area contributed by atoms with Crippen LogP contribution < -0.4 is 0 Å². The van der Waals surface area contributed by atoms with E-state index in [4.69, 9.17) is 5.11 Å². The average molecular weight is 210 g/mol. The van der Waals surface area contributed by atoms with Gasteiger partial charge in [0.2, 0.25) is 0 Å². The fourth-order valence-corrected chi connectivity index (χ4v) is 2.67. The van der Waals surface area contributed by atoms with Gasteiger partial charge in [0, 0.05) is 6.42 Å². The van der Waals surface area contributed by atoms with Gasteiger partial charge in [-0.2, -0.15) is 0 Å². The summed E-state index contributed by atoms with van der Waals surface area (Å²) in [7, 11) is 0. The van der Waals surface area contributed by atoms with Crippen molar-refractivity contribution in [2.75, 3.05) is 0 Å². The SMILES string of the molecule is C=C1CCC[C@@](C)(CC(=O)O)[C@@H]1CC=O. The monoisotopic (exact) mass is 210 g/mol. The van der Waals surface area contributed by atoms with E-state index in [1.165, 1.54) is 0 Å². The molecular formula is C12H18O3. The van der Waals surface area contributed by atoms with Gasteiger partial charge in [0.05, 0.1) is 6.42 Å². The highest BCUT2D eigenvalue weighted by Gasteiger charge is 2.39. The van der Waals surface area contributed by atoms with E-state index in [0.29, 0.717) is 6.42 Å². The minimum Gasteiger partial charge on any atom is -0.481 e. The smallest absolute Gasteiger partial charge is 0.303 e. The molecule has 1 N–H and O–H groups in total. The van der Waals surface area contributed by atoms with Crippen molar-refractivity contribution in [2.24, 2.45) is 11.3 Å². The Kier molecular flexibility index (Phi) is 3.66. The fraction of sp³-hybridized carbons (Fsp3) is 0.667. The standard InChI is InChI=1S/C12H18O3/c1-9-4-3-6-12(2,8-11(14)15)10(9)5-7-13/h7,10H,1,3-6,8H2,2H3,(H,14,15)/t10-,12+/m1/s1. The minimum atomic E-state index is -0.789. The first-order valence-corrected chi connectivity index (χ1v) is 5.33. The van der Waals surface area contributed by atoms with E-state index in [9.17, 15) is 9.59 Å². The Hall–Kier alpha value is -1.12.